The number of hydrogen-bond acceptors (Lipinski definition) is 3. The van der Waals surface area contributed by atoms with E-state index in [1.165, 1.54) is 0 Å². The van der Waals surface area contributed by atoms with E-state index in [9.17, 15) is 4.79 Å². The molecule has 5 heteroatoms. The van der Waals surface area contributed by atoms with Crippen LogP contribution in [0.25, 0.3) is 0 Å². The molecule has 1 saturated carbocycles. The van der Waals surface area contributed by atoms with Crippen LogP contribution in [0.15, 0.2) is 12.1 Å². The zero-order valence-electron chi connectivity index (χ0n) is 11.8. The molecule has 0 spiro atoms. The first-order valence-corrected chi connectivity index (χ1v) is 7.52. The van der Waals surface area contributed by atoms with Gasteiger partial charge >= 0.3 is 0 Å². The van der Waals surface area contributed by atoms with E-state index >= 15 is 0 Å². The minimum Gasteiger partial charge on any atom is -0.396 e. The number of halogens is 1. The van der Waals surface area contributed by atoms with Gasteiger partial charge in [-0.3, -0.25) is 4.79 Å². The van der Waals surface area contributed by atoms with E-state index in [0.29, 0.717) is 17.3 Å². The van der Waals surface area contributed by atoms with E-state index in [1.54, 1.807) is 12.1 Å². The molecule has 1 aliphatic rings. The smallest absolute Gasteiger partial charge is 0.251 e. The molecule has 2 N–H and O–H groups in total. The van der Waals surface area contributed by atoms with Gasteiger partial charge in [0.1, 0.15) is 5.15 Å². The van der Waals surface area contributed by atoms with Crippen LogP contribution >= 0.6 is 11.6 Å². The summed E-state index contributed by atoms with van der Waals surface area (Å²) in [5, 5.41) is 12.3. The minimum absolute atomic E-state index is 0.115. The van der Waals surface area contributed by atoms with Crippen molar-refractivity contribution < 1.29 is 9.90 Å². The van der Waals surface area contributed by atoms with Gasteiger partial charge in [-0.15, -0.1) is 0 Å². The average molecular weight is 297 g/mol. The van der Waals surface area contributed by atoms with Gasteiger partial charge in [-0.2, -0.15) is 0 Å². The van der Waals surface area contributed by atoms with Gasteiger partial charge in [0.25, 0.3) is 5.91 Å². The van der Waals surface area contributed by atoms with Crippen LogP contribution in [0.1, 0.15) is 48.7 Å². The number of carbonyl (C=O) groups excluding carboxylic acids is 1. The highest BCUT2D eigenvalue weighted by Gasteiger charge is 2.41. The first-order chi connectivity index (χ1) is 9.58. The van der Waals surface area contributed by atoms with Crippen molar-refractivity contribution in [2.24, 2.45) is 5.41 Å². The van der Waals surface area contributed by atoms with E-state index < -0.39 is 0 Å². The van der Waals surface area contributed by atoms with Crippen molar-refractivity contribution in [3.8, 4) is 0 Å². The number of nitrogens with zero attached hydrogens (tertiary/aromatic N) is 1. The third-order valence-corrected chi connectivity index (χ3v) is 4.03. The van der Waals surface area contributed by atoms with Gasteiger partial charge in [0.05, 0.1) is 0 Å². The molecule has 0 radical (unpaired) electrons. The van der Waals surface area contributed by atoms with Crippen LogP contribution < -0.4 is 5.32 Å². The quantitative estimate of drug-likeness (QED) is 0.760. The van der Waals surface area contributed by atoms with E-state index in [0.717, 1.165) is 37.8 Å². The third kappa shape index (κ3) is 3.93. The molecule has 1 heterocycles. The number of pyridine rings is 1. The summed E-state index contributed by atoms with van der Waals surface area (Å²) in [6.07, 6.45) is 4.69. The lowest BCUT2D eigenvalue weighted by Crippen LogP contribution is -2.30. The van der Waals surface area contributed by atoms with Crippen molar-refractivity contribution in [3.05, 3.63) is 28.5 Å². The maximum atomic E-state index is 12.2. The highest BCUT2D eigenvalue weighted by Crippen LogP contribution is 2.47. The monoisotopic (exact) mass is 296 g/mol. The van der Waals surface area contributed by atoms with Crippen molar-refractivity contribution in [1.82, 2.24) is 10.3 Å². The van der Waals surface area contributed by atoms with Crippen LogP contribution in [0.3, 0.4) is 0 Å². The highest BCUT2D eigenvalue weighted by molar-refractivity contribution is 6.29. The summed E-state index contributed by atoms with van der Waals surface area (Å²) < 4.78 is 0. The maximum absolute atomic E-state index is 12.2. The number of hydrogen-bond donors (Lipinski definition) is 2. The SMILES string of the molecule is CCCc1cc(C(=O)NCC2(CCO)CC2)cc(Cl)n1. The van der Waals surface area contributed by atoms with Crippen molar-refractivity contribution in [3.63, 3.8) is 0 Å². The lowest BCUT2D eigenvalue weighted by atomic mass is 10.0. The molecular weight excluding hydrogens is 276 g/mol. The molecule has 20 heavy (non-hydrogen) atoms. The zero-order chi connectivity index (χ0) is 14.6. The molecule has 4 nitrogen and oxygen atoms in total. The number of nitrogens with one attached hydrogen (secondary N) is 1. The number of aryl methyl sites for hydroxylation is 1. The lowest BCUT2D eigenvalue weighted by molar-refractivity contribution is 0.0940. The molecular formula is C15H21ClN2O2. The first-order valence-electron chi connectivity index (χ1n) is 7.14. The Labute approximate surface area is 124 Å². The Hall–Kier alpha value is -1.13. The van der Waals surface area contributed by atoms with E-state index in [4.69, 9.17) is 16.7 Å². The number of carbonyl (C=O) groups is 1. The van der Waals surface area contributed by atoms with Crippen molar-refractivity contribution in [2.45, 2.75) is 39.0 Å². The minimum atomic E-state index is -0.115. The molecule has 2 rings (SSSR count). The van der Waals surface area contributed by atoms with Crippen LogP contribution in [-0.4, -0.2) is 29.1 Å². The molecule has 1 aliphatic carbocycles. The topological polar surface area (TPSA) is 62.2 Å². The number of amides is 1. The Morgan fingerprint density at radius 1 is 1.50 bits per heavy atom. The second-order valence-electron chi connectivity index (χ2n) is 5.58. The Kier molecular flexibility index (Phi) is 5.00. The van der Waals surface area contributed by atoms with Crippen LogP contribution in [0.4, 0.5) is 0 Å². The van der Waals surface area contributed by atoms with Gasteiger partial charge < -0.3 is 10.4 Å². The van der Waals surface area contributed by atoms with Crippen molar-refractivity contribution >= 4 is 17.5 Å². The molecule has 1 aromatic heterocycles. The van der Waals surface area contributed by atoms with Gasteiger partial charge in [-0.1, -0.05) is 24.9 Å². The second-order valence-corrected chi connectivity index (χ2v) is 5.96. The predicted octanol–water partition coefficient (Wildman–Crippen LogP) is 2.58. The number of rotatable bonds is 7. The molecule has 1 amide bonds. The average Bonchev–Trinajstić information content (AvgIpc) is 3.16. The molecule has 0 saturated heterocycles. The summed E-state index contributed by atoms with van der Waals surface area (Å²) >= 11 is 5.96. The second kappa shape index (κ2) is 6.55. The van der Waals surface area contributed by atoms with Crippen molar-refractivity contribution in [2.75, 3.05) is 13.2 Å². The Morgan fingerprint density at radius 3 is 2.85 bits per heavy atom. The molecule has 1 aromatic rings. The fraction of sp³-hybridized carbons (Fsp3) is 0.600. The predicted molar refractivity (Wildman–Crippen MR) is 78.9 cm³/mol. The molecule has 0 aromatic carbocycles. The Balaban J connectivity index is 1.98. The van der Waals surface area contributed by atoms with Gasteiger partial charge in [0.15, 0.2) is 0 Å². The Morgan fingerprint density at radius 2 is 2.25 bits per heavy atom. The molecule has 0 bridgehead atoms. The van der Waals surface area contributed by atoms with Gasteiger partial charge in [-0.25, -0.2) is 4.98 Å². The highest BCUT2D eigenvalue weighted by atomic mass is 35.5. The fourth-order valence-corrected chi connectivity index (χ4v) is 2.59. The maximum Gasteiger partial charge on any atom is 0.251 e. The normalized spacial score (nSPS) is 15.9. The van der Waals surface area contributed by atoms with Crippen LogP contribution in [0.2, 0.25) is 5.15 Å². The number of aliphatic hydroxyl groups excluding tert-OH is 1. The largest absolute Gasteiger partial charge is 0.396 e. The summed E-state index contributed by atoms with van der Waals surface area (Å²) in [4.78, 5) is 16.4. The number of aliphatic hydroxyl groups is 1. The lowest BCUT2D eigenvalue weighted by Gasteiger charge is -2.14. The molecule has 110 valence electrons. The van der Waals surface area contributed by atoms with Gasteiger partial charge in [0.2, 0.25) is 0 Å². The van der Waals surface area contributed by atoms with Crippen LogP contribution in [-0.2, 0) is 6.42 Å². The summed E-state index contributed by atoms with van der Waals surface area (Å²) in [6.45, 7) is 2.86. The summed E-state index contributed by atoms with van der Waals surface area (Å²) in [7, 11) is 0. The standard InChI is InChI=1S/C15H21ClN2O2/c1-2-3-12-8-11(9-13(16)18-12)14(20)17-10-15(4-5-15)6-7-19/h8-9,19H,2-7,10H2,1H3,(H,17,20). The third-order valence-electron chi connectivity index (χ3n) is 3.84. The van der Waals surface area contributed by atoms with Gasteiger partial charge in [-0.05, 0) is 43.2 Å². The fourth-order valence-electron chi connectivity index (χ4n) is 2.37. The summed E-state index contributed by atoms with van der Waals surface area (Å²) in [5.41, 5.74) is 1.53. The van der Waals surface area contributed by atoms with Crippen molar-refractivity contribution in [1.29, 1.82) is 0 Å². The van der Waals surface area contributed by atoms with Crippen LogP contribution in [0, 0.1) is 5.41 Å². The summed E-state index contributed by atoms with van der Waals surface area (Å²) in [5.74, 6) is -0.115. The van der Waals surface area contributed by atoms with Crippen LogP contribution in [0.5, 0.6) is 0 Å². The Bertz CT molecular complexity index is 487. The number of aromatic nitrogens is 1. The van der Waals surface area contributed by atoms with E-state index in [2.05, 4.69) is 17.2 Å². The summed E-state index contributed by atoms with van der Waals surface area (Å²) in [6, 6.07) is 3.40. The van der Waals surface area contributed by atoms with E-state index in [-0.39, 0.29) is 17.9 Å². The zero-order valence-corrected chi connectivity index (χ0v) is 12.5. The van der Waals surface area contributed by atoms with E-state index in [1.807, 2.05) is 0 Å². The molecule has 0 aliphatic heterocycles. The molecule has 1 fully saturated rings. The molecule has 0 atom stereocenters. The van der Waals surface area contributed by atoms with Gasteiger partial charge in [0, 0.05) is 24.4 Å². The molecule has 0 unspecified atom stereocenters. The first kappa shape index (κ1) is 15.3.